The van der Waals surface area contributed by atoms with Crippen LogP contribution in [0.4, 0.5) is 0 Å². The number of ether oxygens (including phenoxy) is 1. The minimum absolute atomic E-state index is 0.0723. The van der Waals surface area contributed by atoms with Gasteiger partial charge in [-0.25, -0.2) is 0 Å². The van der Waals surface area contributed by atoms with Gasteiger partial charge in [0, 0.05) is 48.2 Å². The van der Waals surface area contributed by atoms with E-state index in [9.17, 15) is 4.79 Å². The summed E-state index contributed by atoms with van der Waals surface area (Å²) in [4.78, 5) is 17.2. The third-order valence-electron chi connectivity index (χ3n) is 5.71. The van der Waals surface area contributed by atoms with Crippen molar-refractivity contribution >= 4 is 28.3 Å². The number of carbonyl (C=O) groups is 1. The minimum Gasteiger partial charge on any atom is -0.496 e. The second-order valence-corrected chi connectivity index (χ2v) is 7.99. The van der Waals surface area contributed by atoms with Gasteiger partial charge in [0.1, 0.15) is 5.75 Å². The van der Waals surface area contributed by atoms with Crippen molar-refractivity contribution in [1.29, 1.82) is 0 Å². The molecule has 1 atom stereocenters. The molecule has 0 aliphatic carbocycles. The molecule has 0 radical (unpaired) electrons. The molecule has 4 rings (SSSR count). The molecule has 1 aliphatic rings. The van der Waals surface area contributed by atoms with E-state index in [2.05, 4.69) is 36.1 Å². The van der Waals surface area contributed by atoms with E-state index in [0.717, 1.165) is 37.3 Å². The summed E-state index contributed by atoms with van der Waals surface area (Å²) in [6, 6.07) is 20.0. The first-order chi connectivity index (χ1) is 14.1. The van der Waals surface area contributed by atoms with E-state index < -0.39 is 0 Å². The Bertz CT molecular complexity index is 1020. The van der Waals surface area contributed by atoms with Crippen LogP contribution in [0.15, 0.2) is 60.7 Å². The highest BCUT2D eigenvalue weighted by Crippen LogP contribution is 2.29. The van der Waals surface area contributed by atoms with Crippen molar-refractivity contribution in [3.63, 3.8) is 0 Å². The lowest BCUT2D eigenvalue weighted by molar-refractivity contribution is 0.0496. The van der Waals surface area contributed by atoms with Gasteiger partial charge in [-0.3, -0.25) is 9.69 Å². The predicted molar refractivity (Wildman–Crippen MR) is 118 cm³/mol. The Labute approximate surface area is 176 Å². The molecule has 0 spiro atoms. The van der Waals surface area contributed by atoms with E-state index in [4.69, 9.17) is 16.3 Å². The van der Waals surface area contributed by atoms with Gasteiger partial charge in [0.05, 0.1) is 7.11 Å². The van der Waals surface area contributed by atoms with Crippen molar-refractivity contribution in [3.05, 3.63) is 76.8 Å². The molecular formula is C24H25ClN2O2. The lowest BCUT2D eigenvalue weighted by Crippen LogP contribution is -2.53. The Balaban J connectivity index is 1.48. The smallest absolute Gasteiger partial charge is 0.253 e. The van der Waals surface area contributed by atoms with Gasteiger partial charge in [0.25, 0.3) is 5.91 Å². The zero-order valence-electron chi connectivity index (χ0n) is 16.8. The molecule has 4 nitrogen and oxygen atoms in total. The Hall–Kier alpha value is -2.56. The zero-order chi connectivity index (χ0) is 20.4. The van der Waals surface area contributed by atoms with Crippen LogP contribution in [-0.4, -0.2) is 48.5 Å². The average Bonchev–Trinajstić information content (AvgIpc) is 2.75. The van der Waals surface area contributed by atoms with Crippen LogP contribution in [-0.2, 0) is 6.54 Å². The molecule has 0 bridgehead atoms. The highest BCUT2D eigenvalue weighted by atomic mass is 35.5. The van der Waals surface area contributed by atoms with E-state index in [-0.39, 0.29) is 11.9 Å². The van der Waals surface area contributed by atoms with Gasteiger partial charge < -0.3 is 9.64 Å². The van der Waals surface area contributed by atoms with Crippen molar-refractivity contribution in [2.24, 2.45) is 0 Å². The molecule has 0 aromatic heterocycles. The van der Waals surface area contributed by atoms with Crippen LogP contribution < -0.4 is 4.74 Å². The largest absolute Gasteiger partial charge is 0.496 e. The number of hydrogen-bond acceptors (Lipinski definition) is 3. The number of fused-ring (bicyclic) bond motifs is 1. The number of piperazine rings is 1. The fourth-order valence-electron chi connectivity index (χ4n) is 4.06. The SMILES string of the molecule is COc1ccc(CN2CCN(C(=O)c3ccc(Cl)cc3)CC2C)c2ccccc12. The molecule has 1 saturated heterocycles. The van der Waals surface area contributed by atoms with E-state index in [1.807, 2.05) is 17.0 Å². The van der Waals surface area contributed by atoms with E-state index in [1.54, 1.807) is 31.4 Å². The van der Waals surface area contributed by atoms with E-state index in [1.165, 1.54) is 10.9 Å². The summed E-state index contributed by atoms with van der Waals surface area (Å²) in [5.41, 5.74) is 1.97. The number of amides is 1. The number of benzene rings is 3. The summed E-state index contributed by atoms with van der Waals surface area (Å²) >= 11 is 5.94. The number of carbonyl (C=O) groups excluding carboxylic acids is 1. The third kappa shape index (κ3) is 4.09. The standard InChI is InChI=1S/C24H25ClN2O2/c1-17-15-27(24(28)18-7-10-20(25)11-8-18)14-13-26(17)16-19-9-12-23(29-2)22-6-4-3-5-21(19)22/h3-12,17H,13-16H2,1-2H3. The quantitative estimate of drug-likeness (QED) is 0.618. The molecule has 1 fully saturated rings. The van der Waals surface area contributed by atoms with Crippen molar-refractivity contribution in [3.8, 4) is 5.75 Å². The van der Waals surface area contributed by atoms with Gasteiger partial charge in [-0.05, 0) is 48.2 Å². The van der Waals surface area contributed by atoms with Gasteiger partial charge in [-0.2, -0.15) is 0 Å². The second-order valence-electron chi connectivity index (χ2n) is 7.55. The lowest BCUT2D eigenvalue weighted by Gasteiger charge is -2.40. The van der Waals surface area contributed by atoms with Crippen molar-refractivity contribution in [2.45, 2.75) is 19.5 Å². The molecular weight excluding hydrogens is 384 g/mol. The highest BCUT2D eigenvalue weighted by Gasteiger charge is 2.27. The monoisotopic (exact) mass is 408 g/mol. The number of methoxy groups -OCH3 is 1. The Morgan fingerprint density at radius 3 is 2.45 bits per heavy atom. The summed E-state index contributed by atoms with van der Waals surface area (Å²) in [5, 5.41) is 3.00. The fraction of sp³-hybridized carbons (Fsp3) is 0.292. The number of nitrogens with zero attached hydrogens (tertiary/aromatic N) is 2. The summed E-state index contributed by atoms with van der Waals surface area (Å²) < 4.78 is 5.52. The van der Waals surface area contributed by atoms with Crippen LogP contribution in [0.25, 0.3) is 10.8 Å². The van der Waals surface area contributed by atoms with Crippen molar-refractivity contribution < 1.29 is 9.53 Å². The first kappa shape index (κ1) is 19.7. The molecule has 1 unspecified atom stereocenters. The molecule has 150 valence electrons. The summed E-state index contributed by atoms with van der Waals surface area (Å²) in [6.07, 6.45) is 0. The predicted octanol–water partition coefficient (Wildman–Crippen LogP) is 4.85. The number of rotatable bonds is 4. The van der Waals surface area contributed by atoms with E-state index in [0.29, 0.717) is 10.6 Å². The fourth-order valence-corrected chi connectivity index (χ4v) is 4.18. The van der Waals surface area contributed by atoms with Gasteiger partial charge >= 0.3 is 0 Å². The lowest BCUT2D eigenvalue weighted by atomic mass is 10.0. The van der Waals surface area contributed by atoms with Crippen LogP contribution >= 0.6 is 11.6 Å². The first-order valence-electron chi connectivity index (χ1n) is 9.90. The zero-order valence-corrected chi connectivity index (χ0v) is 17.5. The number of hydrogen-bond donors (Lipinski definition) is 0. The normalized spacial score (nSPS) is 17.5. The maximum absolute atomic E-state index is 12.8. The van der Waals surface area contributed by atoms with Crippen LogP contribution in [0.5, 0.6) is 5.75 Å². The maximum atomic E-state index is 12.8. The molecule has 3 aromatic carbocycles. The summed E-state index contributed by atoms with van der Waals surface area (Å²) in [7, 11) is 1.71. The Kier molecular flexibility index (Phi) is 5.74. The van der Waals surface area contributed by atoms with Crippen LogP contribution in [0, 0.1) is 0 Å². The third-order valence-corrected chi connectivity index (χ3v) is 5.96. The molecule has 3 aromatic rings. The topological polar surface area (TPSA) is 32.8 Å². The Morgan fingerprint density at radius 2 is 1.76 bits per heavy atom. The molecule has 1 amide bonds. The number of halogens is 1. The second kappa shape index (κ2) is 8.44. The molecule has 0 N–H and O–H groups in total. The van der Waals surface area contributed by atoms with E-state index >= 15 is 0 Å². The van der Waals surface area contributed by atoms with Crippen molar-refractivity contribution in [2.75, 3.05) is 26.7 Å². The van der Waals surface area contributed by atoms with Crippen LogP contribution in [0.1, 0.15) is 22.8 Å². The minimum atomic E-state index is 0.0723. The summed E-state index contributed by atoms with van der Waals surface area (Å²) in [5.74, 6) is 0.971. The average molecular weight is 409 g/mol. The van der Waals surface area contributed by atoms with Gasteiger partial charge in [0.15, 0.2) is 0 Å². The van der Waals surface area contributed by atoms with Gasteiger partial charge in [0.2, 0.25) is 0 Å². The van der Waals surface area contributed by atoms with Crippen molar-refractivity contribution in [1.82, 2.24) is 9.80 Å². The highest BCUT2D eigenvalue weighted by molar-refractivity contribution is 6.30. The maximum Gasteiger partial charge on any atom is 0.253 e. The molecule has 29 heavy (non-hydrogen) atoms. The summed E-state index contributed by atoms with van der Waals surface area (Å²) in [6.45, 7) is 5.33. The van der Waals surface area contributed by atoms with Gasteiger partial charge in [-0.15, -0.1) is 0 Å². The molecule has 0 saturated carbocycles. The Morgan fingerprint density at radius 1 is 1.03 bits per heavy atom. The first-order valence-corrected chi connectivity index (χ1v) is 10.3. The van der Waals surface area contributed by atoms with Crippen LogP contribution in [0.2, 0.25) is 5.02 Å². The van der Waals surface area contributed by atoms with Crippen LogP contribution in [0.3, 0.4) is 0 Å². The molecule has 1 aliphatic heterocycles. The molecule has 1 heterocycles. The molecule has 5 heteroatoms. The van der Waals surface area contributed by atoms with Gasteiger partial charge in [-0.1, -0.05) is 41.9 Å².